The summed E-state index contributed by atoms with van der Waals surface area (Å²) < 4.78 is 5.59. The largest absolute Gasteiger partial charge is 0.378 e. The Kier molecular flexibility index (Phi) is 4.27. The monoisotopic (exact) mass is 288 g/mol. The van der Waals surface area contributed by atoms with E-state index in [1.165, 1.54) is 0 Å². The van der Waals surface area contributed by atoms with Crippen LogP contribution in [0.15, 0.2) is 18.2 Å². The maximum atomic E-state index is 11.9. The SMILES string of the molecule is CCOC1CC(CC(N)c2ccc3c(c2)C(=O)NCC3)C1. The van der Waals surface area contributed by atoms with E-state index in [0.29, 0.717) is 12.0 Å². The maximum Gasteiger partial charge on any atom is 0.251 e. The van der Waals surface area contributed by atoms with Crippen molar-refractivity contribution in [3.05, 3.63) is 34.9 Å². The number of carbonyl (C=O) groups excluding carboxylic acids is 1. The molecular formula is C17H24N2O2. The smallest absolute Gasteiger partial charge is 0.251 e. The summed E-state index contributed by atoms with van der Waals surface area (Å²) >= 11 is 0. The van der Waals surface area contributed by atoms with Gasteiger partial charge in [-0.2, -0.15) is 0 Å². The van der Waals surface area contributed by atoms with Gasteiger partial charge in [0.2, 0.25) is 0 Å². The number of carbonyl (C=O) groups is 1. The van der Waals surface area contributed by atoms with Gasteiger partial charge in [-0.05, 0) is 55.7 Å². The Morgan fingerprint density at radius 1 is 1.43 bits per heavy atom. The molecule has 4 nitrogen and oxygen atoms in total. The highest BCUT2D eigenvalue weighted by Gasteiger charge is 2.31. The van der Waals surface area contributed by atoms with Crippen molar-refractivity contribution in [2.45, 2.75) is 44.8 Å². The fourth-order valence-electron chi connectivity index (χ4n) is 3.39. The average molecular weight is 288 g/mol. The van der Waals surface area contributed by atoms with E-state index < -0.39 is 0 Å². The van der Waals surface area contributed by atoms with Crippen LogP contribution in [-0.2, 0) is 11.2 Å². The van der Waals surface area contributed by atoms with Gasteiger partial charge in [0.1, 0.15) is 0 Å². The number of benzene rings is 1. The van der Waals surface area contributed by atoms with Gasteiger partial charge in [-0.1, -0.05) is 12.1 Å². The second-order valence-corrected chi connectivity index (χ2v) is 6.18. The lowest BCUT2D eigenvalue weighted by molar-refractivity contribution is -0.0282. The molecule has 0 bridgehead atoms. The molecule has 3 rings (SSSR count). The molecule has 21 heavy (non-hydrogen) atoms. The molecule has 0 spiro atoms. The molecule has 4 heteroatoms. The van der Waals surface area contributed by atoms with Gasteiger partial charge in [-0.15, -0.1) is 0 Å². The highest BCUT2D eigenvalue weighted by atomic mass is 16.5. The normalized spacial score (nSPS) is 25.7. The van der Waals surface area contributed by atoms with Crippen LogP contribution in [0.4, 0.5) is 0 Å². The molecule has 0 aromatic heterocycles. The number of nitrogens with two attached hydrogens (primary N) is 1. The Morgan fingerprint density at radius 3 is 3.00 bits per heavy atom. The number of hydrogen-bond acceptors (Lipinski definition) is 3. The third-order valence-electron chi connectivity index (χ3n) is 4.67. The van der Waals surface area contributed by atoms with Gasteiger partial charge in [-0.25, -0.2) is 0 Å². The van der Waals surface area contributed by atoms with Gasteiger partial charge in [0.25, 0.3) is 5.91 Å². The molecule has 1 aromatic rings. The zero-order valence-electron chi connectivity index (χ0n) is 12.6. The Hall–Kier alpha value is -1.39. The van der Waals surface area contributed by atoms with E-state index in [4.69, 9.17) is 10.5 Å². The van der Waals surface area contributed by atoms with Crippen LogP contribution < -0.4 is 11.1 Å². The predicted molar refractivity (Wildman–Crippen MR) is 82.2 cm³/mol. The number of fused-ring (bicyclic) bond motifs is 1. The lowest BCUT2D eigenvalue weighted by atomic mass is 9.77. The number of rotatable bonds is 5. The molecule has 1 aliphatic heterocycles. The number of nitrogens with one attached hydrogen (secondary N) is 1. The van der Waals surface area contributed by atoms with Gasteiger partial charge in [-0.3, -0.25) is 4.79 Å². The van der Waals surface area contributed by atoms with E-state index in [1.807, 2.05) is 13.0 Å². The van der Waals surface area contributed by atoms with E-state index in [9.17, 15) is 4.79 Å². The lowest BCUT2D eigenvalue weighted by Crippen LogP contribution is -2.34. The summed E-state index contributed by atoms with van der Waals surface area (Å²) in [5, 5.41) is 2.89. The van der Waals surface area contributed by atoms with Crippen molar-refractivity contribution in [2.24, 2.45) is 11.7 Å². The molecule has 1 fully saturated rings. The van der Waals surface area contributed by atoms with E-state index >= 15 is 0 Å². The zero-order chi connectivity index (χ0) is 14.8. The van der Waals surface area contributed by atoms with Gasteiger partial charge in [0, 0.05) is 24.8 Å². The van der Waals surface area contributed by atoms with Crippen molar-refractivity contribution in [3.63, 3.8) is 0 Å². The van der Waals surface area contributed by atoms with Crippen LogP contribution in [0.25, 0.3) is 0 Å². The van der Waals surface area contributed by atoms with Gasteiger partial charge < -0.3 is 15.8 Å². The lowest BCUT2D eigenvalue weighted by Gasteiger charge is -2.36. The van der Waals surface area contributed by atoms with Gasteiger partial charge in [0.15, 0.2) is 0 Å². The Bertz CT molecular complexity index is 524. The zero-order valence-corrected chi connectivity index (χ0v) is 12.6. The number of amides is 1. The van der Waals surface area contributed by atoms with E-state index in [-0.39, 0.29) is 11.9 Å². The van der Waals surface area contributed by atoms with Crippen LogP contribution >= 0.6 is 0 Å². The third-order valence-corrected chi connectivity index (χ3v) is 4.67. The molecule has 1 saturated carbocycles. The molecular weight excluding hydrogens is 264 g/mol. The first-order chi connectivity index (χ1) is 10.2. The van der Waals surface area contributed by atoms with E-state index in [2.05, 4.69) is 17.4 Å². The summed E-state index contributed by atoms with van der Waals surface area (Å²) in [4.78, 5) is 11.9. The van der Waals surface area contributed by atoms with Crippen molar-refractivity contribution >= 4 is 5.91 Å². The van der Waals surface area contributed by atoms with Crippen LogP contribution in [0.3, 0.4) is 0 Å². The molecule has 0 saturated heterocycles. The first kappa shape index (κ1) is 14.5. The quantitative estimate of drug-likeness (QED) is 0.873. The summed E-state index contributed by atoms with van der Waals surface area (Å²) in [7, 11) is 0. The Morgan fingerprint density at radius 2 is 2.24 bits per heavy atom. The summed E-state index contributed by atoms with van der Waals surface area (Å²) in [6, 6.07) is 6.14. The molecule has 2 aliphatic rings. The van der Waals surface area contributed by atoms with Gasteiger partial charge in [0.05, 0.1) is 6.10 Å². The second kappa shape index (κ2) is 6.16. The van der Waals surface area contributed by atoms with Crippen molar-refractivity contribution < 1.29 is 9.53 Å². The molecule has 1 aromatic carbocycles. The third kappa shape index (κ3) is 3.11. The molecule has 1 unspecified atom stereocenters. The maximum absolute atomic E-state index is 11.9. The summed E-state index contributed by atoms with van der Waals surface area (Å²) in [5.74, 6) is 0.687. The number of hydrogen-bond donors (Lipinski definition) is 2. The topological polar surface area (TPSA) is 64.3 Å². The van der Waals surface area contributed by atoms with Crippen molar-refractivity contribution in [1.29, 1.82) is 0 Å². The minimum atomic E-state index is 0.0117. The minimum Gasteiger partial charge on any atom is -0.378 e. The fraction of sp³-hybridized carbons (Fsp3) is 0.588. The van der Waals surface area contributed by atoms with Gasteiger partial charge >= 0.3 is 0 Å². The van der Waals surface area contributed by atoms with Crippen molar-refractivity contribution in [3.8, 4) is 0 Å². The number of ether oxygens (including phenoxy) is 1. The molecule has 1 atom stereocenters. The van der Waals surface area contributed by atoms with Crippen LogP contribution in [0.2, 0.25) is 0 Å². The van der Waals surface area contributed by atoms with E-state index in [1.54, 1.807) is 0 Å². The first-order valence-electron chi connectivity index (χ1n) is 7.95. The molecule has 1 heterocycles. The summed E-state index contributed by atoms with van der Waals surface area (Å²) in [5.41, 5.74) is 9.34. The summed E-state index contributed by atoms with van der Waals surface area (Å²) in [6.07, 6.45) is 4.56. The van der Waals surface area contributed by atoms with Crippen molar-refractivity contribution in [2.75, 3.05) is 13.2 Å². The van der Waals surface area contributed by atoms with Crippen molar-refractivity contribution in [1.82, 2.24) is 5.32 Å². The summed E-state index contributed by atoms with van der Waals surface area (Å²) in [6.45, 7) is 3.57. The first-order valence-corrected chi connectivity index (χ1v) is 7.95. The Labute approximate surface area is 126 Å². The molecule has 1 aliphatic carbocycles. The molecule has 0 radical (unpaired) electrons. The molecule has 3 N–H and O–H groups in total. The fourth-order valence-corrected chi connectivity index (χ4v) is 3.39. The standard InChI is InChI=1S/C17H24N2O2/c1-2-21-14-7-11(8-14)9-16(18)13-4-3-12-5-6-19-17(20)15(12)10-13/h3-4,10-11,14,16H,2,5-9,18H2,1H3,(H,19,20). The van der Waals surface area contributed by atoms with Crippen LogP contribution in [0, 0.1) is 5.92 Å². The second-order valence-electron chi connectivity index (χ2n) is 6.18. The molecule has 1 amide bonds. The highest BCUT2D eigenvalue weighted by molar-refractivity contribution is 5.96. The minimum absolute atomic E-state index is 0.0117. The van der Waals surface area contributed by atoms with Crippen LogP contribution in [-0.4, -0.2) is 25.2 Å². The predicted octanol–water partition coefficient (Wildman–Crippen LogP) is 2.18. The Balaban J connectivity index is 1.62. The molecule has 114 valence electrons. The van der Waals surface area contributed by atoms with Crippen LogP contribution in [0.5, 0.6) is 0 Å². The van der Waals surface area contributed by atoms with Crippen LogP contribution in [0.1, 0.15) is 53.7 Å². The average Bonchev–Trinajstić information content (AvgIpc) is 2.45. The van der Waals surface area contributed by atoms with E-state index in [0.717, 1.165) is 55.5 Å². The highest BCUT2D eigenvalue weighted by Crippen LogP contribution is 2.36.